The molecule has 1 heterocycles. The Morgan fingerprint density at radius 1 is 1.47 bits per heavy atom. The fraction of sp³-hybridized carbons (Fsp3) is 0.462. The number of rotatable bonds is 5. The van der Waals surface area contributed by atoms with Crippen LogP contribution in [0.2, 0.25) is 0 Å². The van der Waals surface area contributed by atoms with Crippen LogP contribution in [0.25, 0.3) is 0 Å². The van der Waals surface area contributed by atoms with Crippen molar-refractivity contribution in [1.29, 1.82) is 0 Å². The molecule has 0 aliphatic heterocycles. The van der Waals surface area contributed by atoms with Crippen molar-refractivity contribution in [2.24, 2.45) is 0 Å². The van der Waals surface area contributed by atoms with Gasteiger partial charge in [0.05, 0.1) is 19.4 Å². The Balaban J connectivity index is 2.63. The molecule has 17 heavy (non-hydrogen) atoms. The molecule has 0 spiro atoms. The van der Waals surface area contributed by atoms with Gasteiger partial charge in [0.15, 0.2) is 0 Å². The van der Waals surface area contributed by atoms with Crippen molar-refractivity contribution < 1.29 is 14.6 Å². The largest absolute Gasteiger partial charge is 0.487 e. The number of nitrogens with zero attached hydrogens (tertiary/aromatic N) is 1. The molecule has 0 aliphatic carbocycles. The van der Waals surface area contributed by atoms with Gasteiger partial charge in [0.1, 0.15) is 11.9 Å². The lowest BCUT2D eigenvalue weighted by atomic mass is 10.2. The van der Waals surface area contributed by atoms with Crippen LogP contribution in [0.3, 0.4) is 0 Å². The number of hydrogen-bond acceptors (Lipinski definition) is 4. The van der Waals surface area contributed by atoms with Crippen LogP contribution in [-0.2, 0) is 4.74 Å². The fourth-order valence-corrected chi connectivity index (χ4v) is 1.27. The van der Waals surface area contributed by atoms with Gasteiger partial charge in [-0.05, 0) is 13.0 Å². The summed E-state index contributed by atoms with van der Waals surface area (Å²) >= 11 is 0. The highest BCUT2D eigenvalue weighted by molar-refractivity contribution is 5.36. The van der Waals surface area contributed by atoms with Crippen molar-refractivity contribution in [3.63, 3.8) is 0 Å². The van der Waals surface area contributed by atoms with Crippen molar-refractivity contribution in [1.82, 2.24) is 4.98 Å². The molecule has 1 unspecified atom stereocenters. The fourth-order valence-electron chi connectivity index (χ4n) is 1.27. The van der Waals surface area contributed by atoms with Crippen molar-refractivity contribution in [2.75, 3.05) is 20.3 Å². The van der Waals surface area contributed by atoms with Crippen LogP contribution in [0.15, 0.2) is 18.5 Å². The number of aliphatic hydroxyl groups excluding tert-OH is 1. The van der Waals surface area contributed by atoms with Crippen molar-refractivity contribution >= 4 is 0 Å². The van der Waals surface area contributed by atoms with Crippen LogP contribution in [0.4, 0.5) is 0 Å². The first-order chi connectivity index (χ1) is 8.26. The second kappa shape index (κ2) is 7.66. The first kappa shape index (κ1) is 13.5. The maximum atomic E-state index is 8.62. The van der Waals surface area contributed by atoms with Crippen molar-refractivity contribution in [3.05, 3.63) is 24.0 Å². The number of ether oxygens (including phenoxy) is 2. The molecule has 0 fully saturated rings. The molecule has 1 N–H and O–H groups in total. The third-order valence-corrected chi connectivity index (χ3v) is 1.92. The van der Waals surface area contributed by atoms with Gasteiger partial charge in [-0.2, -0.15) is 0 Å². The quantitative estimate of drug-likeness (QED) is 0.780. The van der Waals surface area contributed by atoms with E-state index < -0.39 is 0 Å². The monoisotopic (exact) mass is 235 g/mol. The lowest BCUT2D eigenvalue weighted by Gasteiger charge is -2.13. The summed E-state index contributed by atoms with van der Waals surface area (Å²) in [7, 11) is 1.63. The molecular formula is C13H17NO3. The zero-order valence-electron chi connectivity index (χ0n) is 10.1. The highest BCUT2D eigenvalue weighted by Gasteiger charge is 2.03. The SMILES string of the molecule is COCC(C)Oc1cncc(C#CCCO)c1. The van der Waals surface area contributed by atoms with Crippen LogP contribution < -0.4 is 4.74 Å². The normalized spacial score (nSPS) is 11.5. The Morgan fingerprint density at radius 3 is 3.00 bits per heavy atom. The van der Waals surface area contributed by atoms with E-state index in [1.54, 1.807) is 19.5 Å². The van der Waals surface area contributed by atoms with E-state index >= 15 is 0 Å². The topological polar surface area (TPSA) is 51.6 Å². The molecule has 1 rings (SSSR count). The molecule has 1 atom stereocenters. The number of hydrogen-bond donors (Lipinski definition) is 1. The Hall–Kier alpha value is -1.57. The van der Waals surface area contributed by atoms with Gasteiger partial charge in [0.25, 0.3) is 0 Å². The molecule has 0 aromatic carbocycles. The van der Waals surface area contributed by atoms with E-state index in [0.717, 1.165) is 5.56 Å². The summed E-state index contributed by atoms with van der Waals surface area (Å²) < 4.78 is 10.6. The minimum atomic E-state index is -0.0255. The summed E-state index contributed by atoms with van der Waals surface area (Å²) in [5, 5.41) is 8.62. The first-order valence-corrected chi connectivity index (χ1v) is 5.46. The van der Waals surface area contributed by atoms with Crippen LogP contribution in [0.5, 0.6) is 5.75 Å². The Kier molecular flexibility index (Phi) is 6.08. The van der Waals surface area contributed by atoms with Gasteiger partial charge in [0.2, 0.25) is 0 Å². The summed E-state index contributed by atoms with van der Waals surface area (Å²) in [6.07, 6.45) is 3.75. The molecule has 4 nitrogen and oxygen atoms in total. The molecule has 92 valence electrons. The van der Waals surface area contributed by atoms with E-state index in [1.807, 2.05) is 13.0 Å². The van der Waals surface area contributed by atoms with E-state index in [4.69, 9.17) is 14.6 Å². The summed E-state index contributed by atoms with van der Waals surface area (Å²) in [6, 6.07) is 1.82. The van der Waals surface area contributed by atoms with Crippen LogP contribution in [-0.4, -0.2) is 36.5 Å². The predicted octanol–water partition coefficient (Wildman–Crippen LogP) is 1.23. The van der Waals surface area contributed by atoms with Gasteiger partial charge in [0, 0.05) is 25.3 Å². The van der Waals surface area contributed by atoms with E-state index in [2.05, 4.69) is 16.8 Å². The van der Waals surface area contributed by atoms with Crippen molar-refractivity contribution in [2.45, 2.75) is 19.4 Å². The maximum absolute atomic E-state index is 8.62. The van der Waals surface area contributed by atoms with Crippen LogP contribution in [0, 0.1) is 11.8 Å². The third-order valence-electron chi connectivity index (χ3n) is 1.92. The average Bonchev–Trinajstić information content (AvgIpc) is 2.30. The van der Waals surface area contributed by atoms with Gasteiger partial charge >= 0.3 is 0 Å². The van der Waals surface area contributed by atoms with E-state index in [0.29, 0.717) is 18.8 Å². The second-order valence-electron chi connectivity index (χ2n) is 3.57. The molecule has 0 amide bonds. The smallest absolute Gasteiger partial charge is 0.139 e. The zero-order valence-corrected chi connectivity index (χ0v) is 10.1. The highest BCUT2D eigenvalue weighted by atomic mass is 16.5. The highest BCUT2D eigenvalue weighted by Crippen LogP contribution is 2.12. The number of methoxy groups -OCH3 is 1. The minimum absolute atomic E-state index is 0.0255. The number of aromatic nitrogens is 1. The van der Waals surface area contributed by atoms with Crippen molar-refractivity contribution in [3.8, 4) is 17.6 Å². The molecule has 0 saturated heterocycles. The summed E-state index contributed by atoms with van der Waals surface area (Å²) in [5.74, 6) is 6.42. The molecule has 4 heteroatoms. The molecule has 0 saturated carbocycles. The Labute approximate surface area is 102 Å². The summed E-state index contributed by atoms with van der Waals surface area (Å²) in [5.41, 5.74) is 0.778. The lowest BCUT2D eigenvalue weighted by molar-refractivity contribution is 0.0918. The molecule has 1 aromatic rings. The maximum Gasteiger partial charge on any atom is 0.139 e. The van der Waals surface area contributed by atoms with Gasteiger partial charge in [-0.1, -0.05) is 11.8 Å². The Morgan fingerprint density at radius 2 is 2.29 bits per heavy atom. The average molecular weight is 235 g/mol. The number of pyridine rings is 1. The van der Waals surface area contributed by atoms with Gasteiger partial charge in [-0.15, -0.1) is 0 Å². The third kappa shape index (κ3) is 5.34. The van der Waals surface area contributed by atoms with Gasteiger partial charge in [-0.3, -0.25) is 4.98 Å². The molecule has 1 aromatic heterocycles. The summed E-state index contributed by atoms with van der Waals surface area (Å²) in [4.78, 5) is 4.05. The van der Waals surface area contributed by atoms with Gasteiger partial charge < -0.3 is 14.6 Å². The predicted molar refractivity (Wildman–Crippen MR) is 64.8 cm³/mol. The molecule has 0 radical (unpaired) electrons. The standard InChI is InChI=1S/C13H17NO3/c1-11(10-16-2)17-13-7-12(8-14-9-13)5-3-4-6-15/h7-9,11,15H,4,6,10H2,1-2H3. The van der Waals surface area contributed by atoms with Gasteiger partial charge in [-0.25, -0.2) is 0 Å². The van der Waals surface area contributed by atoms with Crippen LogP contribution >= 0.6 is 0 Å². The summed E-state index contributed by atoms with van der Waals surface area (Å²) in [6.45, 7) is 2.52. The zero-order chi connectivity index (χ0) is 12.5. The van der Waals surface area contributed by atoms with E-state index in [-0.39, 0.29) is 12.7 Å². The molecule has 0 bridgehead atoms. The van der Waals surface area contributed by atoms with E-state index in [1.165, 1.54) is 0 Å². The van der Waals surface area contributed by atoms with E-state index in [9.17, 15) is 0 Å². The first-order valence-electron chi connectivity index (χ1n) is 5.46. The molecular weight excluding hydrogens is 218 g/mol. The molecule has 0 aliphatic rings. The number of aliphatic hydroxyl groups is 1. The second-order valence-corrected chi connectivity index (χ2v) is 3.57. The Bertz CT molecular complexity index is 395. The lowest BCUT2D eigenvalue weighted by Crippen LogP contribution is -2.18. The minimum Gasteiger partial charge on any atom is -0.487 e. The van der Waals surface area contributed by atoms with Crippen LogP contribution in [0.1, 0.15) is 18.9 Å².